The molecule has 0 aliphatic heterocycles. The second-order valence-electron chi connectivity index (χ2n) is 5.40. The summed E-state index contributed by atoms with van der Waals surface area (Å²) in [4.78, 5) is 0. The molecular formula is C16H25NO3. The normalized spacial score (nSPS) is 17.6. The highest BCUT2D eigenvalue weighted by atomic mass is 16.5. The Morgan fingerprint density at radius 3 is 2.70 bits per heavy atom. The third-order valence-corrected chi connectivity index (χ3v) is 3.50. The van der Waals surface area contributed by atoms with Gasteiger partial charge >= 0.3 is 0 Å². The van der Waals surface area contributed by atoms with Crippen LogP contribution in [0.5, 0.6) is 11.5 Å². The molecule has 0 saturated heterocycles. The average Bonchev–Trinajstić information content (AvgIpc) is 3.23. The Labute approximate surface area is 121 Å². The standard InChI is InChI=1S/C16H25NO3/c1-4-19-15-7-5-6-13(10-17-14-8-9-14)16(15)20-12(3)11(2)18/h5-7,11-12,14,17-18H,4,8-10H2,1-3H3. The van der Waals surface area contributed by atoms with E-state index in [1.54, 1.807) is 6.92 Å². The number of hydrogen-bond acceptors (Lipinski definition) is 4. The minimum atomic E-state index is -0.520. The van der Waals surface area contributed by atoms with Crippen LogP contribution in [0.4, 0.5) is 0 Å². The van der Waals surface area contributed by atoms with Crippen LogP contribution in [0.1, 0.15) is 39.2 Å². The quantitative estimate of drug-likeness (QED) is 0.767. The Balaban J connectivity index is 2.16. The number of nitrogens with one attached hydrogen (secondary N) is 1. The Morgan fingerprint density at radius 2 is 2.10 bits per heavy atom. The van der Waals surface area contributed by atoms with Crippen molar-refractivity contribution >= 4 is 0 Å². The molecule has 2 N–H and O–H groups in total. The fourth-order valence-corrected chi connectivity index (χ4v) is 1.93. The first kappa shape index (κ1) is 15.1. The molecule has 0 heterocycles. The van der Waals surface area contributed by atoms with Gasteiger partial charge in [-0.05, 0) is 39.7 Å². The van der Waals surface area contributed by atoms with Crippen molar-refractivity contribution in [3.05, 3.63) is 23.8 Å². The lowest BCUT2D eigenvalue weighted by Crippen LogP contribution is -2.27. The molecule has 0 radical (unpaired) electrons. The molecule has 1 saturated carbocycles. The maximum atomic E-state index is 9.64. The van der Waals surface area contributed by atoms with E-state index in [0.717, 1.165) is 23.6 Å². The van der Waals surface area contributed by atoms with Crippen molar-refractivity contribution in [2.45, 2.75) is 58.4 Å². The van der Waals surface area contributed by atoms with Crippen LogP contribution < -0.4 is 14.8 Å². The Bertz CT molecular complexity index is 430. The molecule has 20 heavy (non-hydrogen) atoms. The van der Waals surface area contributed by atoms with Gasteiger partial charge < -0.3 is 19.9 Å². The summed E-state index contributed by atoms with van der Waals surface area (Å²) in [5, 5.41) is 13.1. The predicted molar refractivity (Wildman–Crippen MR) is 79.2 cm³/mol. The van der Waals surface area contributed by atoms with Crippen LogP contribution in [0.15, 0.2) is 18.2 Å². The molecule has 0 bridgehead atoms. The molecule has 1 aromatic carbocycles. The van der Waals surface area contributed by atoms with E-state index in [0.29, 0.717) is 12.6 Å². The third kappa shape index (κ3) is 4.12. The lowest BCUT2D eigenvalue weighted by atomic mass is 10.1. The Hall–Kier alpha value is -1.26. The van der Waals surface area contributed by atoms with Gasteiger partial charge in [-0.2, -0.15) is 0 Å². The topological polar surface area (TPSA) is 50.7 Å². The number of rotatable bonds is 8. The van der Waals surface area contributed by atoms with Crippen molar-refractivity contribution in [3.63, 3.8) is 0 Å². The zero-order chi connectivity index (χ0) is 14.5. The number of aliphatic hydroxyl groups excluding tert-OH is 1. The van der Waals surface area contributed by atoms with E-state index in [9.17, 15) is 5.11 Å². The second kappa shape index (κ2) is 6.95. The van der Waals surface area contributed by atoms with E-state index in [2.05, 4.69) is 5.32 Å². The van der Waals surface area contributed by atoms with Gasteiger partial charge in [-0.25, -0.2) is 0 Å². The molecule has 1 aromatic rings. The fraction of sp³-hybridized carbons (Fsp3) is 0.625. The zero-order valence-electron chi connectivity index (χ0n) is 12.6. The average molecular weight is 279 g/mol. The van der Waals surface area contributed by atoms with Gasteiger partial charge in [0.15, 0.2) is 11.5 Å². The molecule has 1 aliphatic rings. The molecule has 1 fully saturated rings. The third-order valence-electron chi connectivity index (χ3n) is 3.50. The van der Waals surface area contributed by atoms with Gasteiger partial charge in [0.1, 0.15) is 6.10 Å². The van der Waals surface area contributed by atoms with Crippen molar-refractivity contribution < 1.29 is 14.6 Å². The lowest BCUT2D eigenvalue weighted by Gasteiger charge is -2.22. The van der Waals surface area contributed by atoms with Crippen molar-refractivity contribution in [3.8, 4) is 11.5 Å². The Kier molecular flexibility index (Phi) is 5.26. The Morgan fingerprint density at radius 1 is 1.35 bits per heavy atom. The molecule has 2 unspecified atom stereocenters. The molecule has 4 heteroatoms. The van der Waals surface area contributed by atoms with E-state index in [-0.39, 0.29) is 6.10 Å². The maximum absolute atomic E-state index is 9.64. The zero-order valence-corrected chi connectivity index (χ0v) is 12.6. The van der Waals surface area contributed by atoms with Crippen molar-refractivity contribution in [2.24, 2.45) is 0 Å². The summed E-state index contributed by atoms with van der Waals surface area (Å²) in [5.74, 6) is 1.49. The number of para-hydroxylation sites is 1. The van der Waals surface area contributed by atoms with Crippen LogP contribution in [-0.4, -0.2) is 30.0 Å². The largest absolute Gasteiger partial charge is 0.490 e. The number of hydrogen-bond donors (Lipinski definition) is 2. The first-order chi connectivity index (χ1) is 9.61. The van der Waals surface area contributed by atoms with E-state index in [1.165, 1.54) is 12.8 Å². The number of benzene rings is 1. The van der Waals surface area contributed by atoms with Gasteiger partial charge in [0, 0.05) is 18.2 Å². The van der Waals surface area contributed by atoms with Gasteiger partial charge in [-0.3, -0.25) is 0 Å². The van der Waals surface area contributed by atoms with Crippen molar-refractivity contribution in [1.82, 2.24) is 5.32 Å². The highest BCUT2D eigenvalue weighted by Crippen LogP contribution is 2.33. The lowest BCUT2D eigenvalue weighted by molar-refractivity contribution is 0.0575. The molecule has 0 amide bonds. The summed E-state index contributed by atoms with van der Waals surface area (Å²) < 4.78 is 11.6. The summed E-state index contributed by atoms with van der Waals surface area (Å²) in [6.45, 7) is 6.92. The van der Waals surface area contributed by atoms with Crippen molar-refractivity contribution in [2.75, 3.05) is 6.61 Å². The molecule has 112 valence electrons. The van der Waals surface area contributed by atoms with E-state index in [1.807, 2.05) is 32.0 Å². The fourth-order valence-electron chi connectivity index (χ4n) is 1.93. The van der Waals surface area contributed by atoms with Gasteiger partial charge in [0.2, 0.25) is 0 Å². The van der Waals surface area contributed by atoms with Crippen LogP contribution in [0.3, 0.4) is 0 Å². The van der Waals surface area contributed by atoms with E-state index < -0.39 is 6.10 Å². The molecule has 2 atom stereocenters. The van der Waals surface area contributed by atoms with Gasteiger partial charge in [0.25, 0.3) is 0 Å². The summed E-state index contributed by atoms with van der Waals surface area (Å²) in [6, 6.07) is 6.58. The number of ether oxygens (including phenoxy) is 2. The van der Waals surface area contributed by atoms with Gasteiger partial charge in [-0.15, -0.1) is 0 Å². The molecule has 0 aromatic heterocycles. The maximum Gasteiger partial charge on any atom is 0.166 e. The minimum Gasteiger partial charge on any atom is -0.490 e. The van der Waals surface area contributed by atoms with Crippen LogP contribution >= 0.6 is 0 Å². The van der Waals surface area contributed by atoms with Crippen LogP contribution in [0.2, 0.25) is 0 Å². The molecular weight excluding hydrogens is 254 g/mol. The van der Waals surface area contributed by atoms with Gasteiger partial charge in [0.05, 0.1) is 12.7 Å². The van der Waals surface area contributed by atoms with E-state index in [4.69, 9.17) is 9.47 Å². The summed E-state index contributed by atoms with van der Waals surface area (Å²) in [5.41, 5.74) is 1.08. The first-order valence-electron chi connectivity index (χ1n) is 7.44. The second-order valence-corrected chi connectivity index (χ2v) is 5.40. The van der Waals surface area contributed by atoms with Crippen molar-refractivity contribution in [1.29, 1.82) is 0 Å². The highest BCUT2D eigenvalue weighted by molar-refractivity contribution is 5.47. The molecule has 0 spiro atoms. The molecule has 1 aliphatic carbocycles. The van der Waals surface area contributed by atoms with Crippen LogP contribution in [-0.2, 0) is 6.54 Å². The van der Waals surface area contributed by atoms with Gasteiger partial charge in [-0.1, -0.05) is 12.1 Å². The smallest absolute Gasteiger partial charge is 0.166 e. The first-order valence-corrected chi connectivity index (χ1v) is 7.44. The minimum absolute atomic E-state index is 0.267. The molecule has 4 nitrogen and oxygen atoms in total. The highest BCUT2D eigenvalue weighted by Gasteiger charge is 2.22. The summed E-state index contributed by atoms with van der Waals surface area (Å²) in [6.07, 6.45) is 1.72. The predicted octanol–water partition coefficient (Wildman–Crippen LogP) is 2.49. The van der Waals surface area contributed by atoms with Crippen LogP contribution in [0, 0.1) is 0 Å². The summed E-state index contributed by atoms with van der Waals surface area (Å²) in [7, 11) is 0. The summed E-state index contributed by atoms with van der Waals surface area (Å²) >= 11 is 0. The van der Waals surface area contributed by atoms with Crippen LogP contribution in [0.25, 0.3) is 0 Å². The SMILES string of the molecule is CCOc1cccc(CNC2CC2)c1OC(C)C(C)O. The molecule has 2 rings (SSSR count). The monoisotopic (exact) mass is 279 g/mol. The van der Waals surface area contributed by atoms with E-state index >= 15 is 0 Å². The number of aliphatic hydroxyl groups is 1.